The molecule has 2 amide bonds. The number of rotatable bonds is 7. The van der Waals surface area contributed by atoms with Crippen LogP contribution in [-0.2, 0) is 0 Å². The summed E-state index contributed by atoms with van der Waals surface area (Å²) in [5, 5.41) is 4.63. The maximum atomic E-state index is 13.8. The van der Waals surface area contributed by atoms with Crippen molar-refractivity contribution >= 4 is 89.5 Å². The monoisotopic (exact) mass is 900 g/mol. The molecule has 18 heteroatoms. The molecule has 8 heterocycles. The highest BCUT2D eigenvalue weighted by Crippen LogP contribution is 2.33. The molecule has 0 bridgehead atoms. The average molecular weight is 902 g/mol. The first-order valence-corrected chi connectivity index (χ1v) is 22.2. The Balaban J connectivity index is 0.803. The van der Waals surface area contributed by atoms with Crippen molar-refractivity contribution in [3.8, 4) is 34.2 Å². The summed E-state index contributed by atoms with van der Waals surface area (Å²) >= 11 is 15.5. The Labute approximate surface area is 371 Å². The van der Waals surface area contributed by atoms with Gasteiger partial charge in [-0.2, -0.15) is 0 Å². The lowest BCUT2D eigenvalue weighted by atomic mass is 10.1. The van der Waals surface area contributed by atoms with Gasteiger partial charge in [-0.1, -0.05) is 47.5 Å². The van der Waals surface area contributed by atoms with Gasteiger partial charge in [0.05, 0.1) is 21.8 Å². The van der Waals surface area contributed by atoms with Gasteiger partial charge in [-0.05, 0) is 54.1 Å². The van der Waals surface area contributed by atoms with Gasteiger partial charge in [0.1, 0.15) is 31.8 Å². The van der Waals surface area contributed by atoms with E-state index in [2.05, 4.69) is 34.7 Å². The number of fused-ring (bicyclic) bond motifs is 2. The quantitative estimate of drug-likeness (QED) is 0.166. The second kappa shape index (κ2) is 16.4. The minimum atomic E-state index is -0.331. The number of anilines is 2. The zero-order valence-corrected chi connectivity index (χ0v) is 35.8. The van der Waals surface area contributed by atoms with Gasteiger partial charge in [0.25, 0.3) is 22.9 Å². The van der Waals surface area contributed by atoms with Crippen molar-refractivity contribution in [3.05, 3.63) is 138 Å². The van der Waals surface area contributed by atoms with Crippen LogP contribution in [0.5, 0.6) is 0 Å². The van der Waals surface area contributed by atoms with Crippen LogP contribution >= 0.6 is 45.9 Å². The standard InChI is InChI=1S/C44H34Cl2N10O4S2/c45-27-4-3-5-28(21-27)53-12-16-55(17-13-53)43(59)30-24-62-38-36(30)50-40(52-42(38)58)33-9-7-26(22-48-33)25-8-10-34(31(46)20-25)54-14-18-56(19-15-54)44(60)29-23-61-37-35(29)49-39(51-41(37)57)32-6-1-2-11-47-32/h1-11,20-24H,12-19H2,(H,49,51,57)(H,50,52,58). The molecule has 0 unspecified atom stereocenters. The maximum Gasteiger partial charge on any atom is 0.269 e. The fourth-order valence-corrected chi connectivity index (χ4v) is 10.1. The molecule has 14 nitrogen and oxygen atoms in total. The predicted molar refractivity (Wildman–Crippen MR) is 245 cm³/mol. The molecule has 6 aromatic heterocycles. The highest BCUT2D eigenvalue weighted by molar-refractivity contribution is 7.17. The summed E-state index contributed by atoms with van der Waals surface area (Å²) in [4.78, 5) is 85.4. The molecule has 2 saturated heterocycles. The molecular weight excluding hydrogens is 868 g/mol. The Morgan fingerprint density at radius 1 is 0.613 bits per heavy atom. The molecule has 0 atom stereocenters. The third-order valence-electron chi connectivity index (χ3n) is 11.2. The summed E-state index contributed by atoms with van der Waals surface area (Å²) in [5.41, 5.74) is 5.39. The lowest BCUT2D eigenvalue weighted by molar-refractivity contribution is 0.0741. The number of carbonyl (C=O) groups is 2. The van der Waals surface area contributed by atoms with E-state index in [1.165, 1.54) is 22.7 Å². The first kappa shape index (κ1) is 39.7. The van der Waals surface area contributed by atoms with Crippen molar-refractivity contribution < 1.29 is 9.59 Å². The van der Waals surface area contributed by atoms with E-state index in [0.717, 1.165) is 22.5 Å². The fourth-order valence-electron chi connectivity index (χ4n) is 7.88. The Morgan fingerprint density at radius 2 is 1.21 bits per heavy atom. The predicted octanol–water partition coefficient (Wildman–Crippen LogP) is 7.31. The number of halogens is 2. The molecule has 10 rings (SSSR count). The second-order valence-electron chi connectivity index (χ2n) is 14.8. The molecule has 0 saturated carbocycles. The Bertz CT molecular complexity index is 3140. The molecular formula is C44H34Cl2N10O4S2. The first-order chi connectivity index (χ1) is 30.2. The Morgan fingerprint density at radius 3 is 1.76 bits per heavy atom. The van der Waals surface area contributed by atoms with E-state index in [-0.39, 0.29) is 28.8 Å². The van der Waals surface area contributed by atoms with Gasteiger partial charge in [0.2, 0.25) is 0 Å². The van der Waals surface area contributed by atoms with Gasteiger partial charge in [-0.15, -0.1) is 22.7 Å². The van der Waals surface area contributed by atoms with Crippen molar-refractivity contribution in [3.63, 3.8) is 0 Å². The zero-order valence-electron chi connectivity index (χ0n) is 32.7. The molecule has 62 heavy (non-hydrogen) atoms. The van der Waals surface area contributed by atoms with Gasteiger partial charge >= 0.3 is 0 Å². The summed E-state index contributed by atoms with van der Waals surface area (Å²) in [6, 6.07) is 22.5. The molecule has 8 aromatic rings. The molecule has 2 fully saturated rings. The van der Waals surface area contributed by atoms with E-state index in [1.807, 2.05) is 54.6 Å². The SMILES string of the molecule is O=C(c1csc2c(=O)[nH]c(-c3ccc(-c4ccc(N5CCN(C(=O)c6csc7c(=O)[nH]c(-c8ccccn8)nc67)CC5)c(Cl)c4)cn3)nc12)N1CCN(c2cccc(Cl)c2)CC1. The molecule has 2 aliphatic heterocycles. The van der Waals surface area contributed by atoms with E-state index >= 15 is 0 Å². The van der Waals surface area contributed by atoms with E-state index in [9.17, 15) is 19.2 Å². The van der Waals surface area contributed by atoms with Crippen molar-refractivity contribution in [1.29, 1.82) is 0 Å². The first-order valence-electron chi connectivity index (χ1n) is 19.7. The van der Waals surface area contributed by atoms with Crippen LogP contribution in [0, 0.1) is 0 Å². The van der Waals surface area contributed by atoms with Crippen LogP contribution in [0.4, 0.5) is 11.4 Å². The van der Waals surface area contributed by atoms with Crippen LogP contribution in [0.25, 0.3) is 54.6 Å². The van der Waals surface area contributed by atoms with Gasteiger partial charge in [0.15, 0.2) is 11.6 Å². The fraction of sp³-hybridized carbons (Fsp3) is 0.182. The zero-order chi connectivity index (χ0) is 42.5. The highest BCUT2D eigenvalue weighted by atomic mass is 35.5. The third-order valence-corrected chi connectivity index (χ3v) is 13.6. The number of hydrogen-bond donors (Lipinski definition) is 2. The van der Waals surface area contributed by atoms with Crippen LogP contribution < -0.4 is 20.9 Å². The van der Waals surface area contributed by atoms with Gasteiger partial charge in [-0.25, -0.2) is 9.97 Å². The normalized spacial score (nSPS) is 14.5. The van der Waals surface area contributed by atoms with Gasteiger partial charge in [-0.3, -0.25) is 29.1 Å². The number of carbonyl (C=O) groups excluding carboxylic acids is 2. The van der Waals surface area contributed by atoms with Crippen molar-refractivity contribution in [2.45, 2.75) is 0 Å². The third kappa shape index (κ3) is 7.48. The summed E-state index contributed by atoms with van der Waals surface area (Å²) in [7, 11) is 0. The van der Waals surface area contributed by atoms with E-state index in [0.29, 0.717) is 111 Å². The van der Waals surface area contributed by atoms with E-state index < -0.39 is 0 Å². The summed E-state index contributed by atoms with van der Waals surface area (Å²) in [6.07, 6.45) is 3.32. The molecule has 2 N–H and O–H groups in total. The molecule has 0 aliphatic carbocycles. The van der Waals surface area contributed by atoms with Crippen LogP contribution in [0.15, 0.2) is 106 Å². The van der Waals surface area contributed by atoms with Gasteiger partial charge < -0.3 is 29.6 Å². The van der Waals surface area contributed by atoms with Crippen molar-refractivity contribution in [2.75, 3.05) is 62.2 Å². The molecule has 310 valence electrons. The number of nitrogens with one attached hydrogen (secondary N) is 2. The lowest BCUT2D eigenvalue weighted by Gasteiger charge is -2.36. The number of piperazine rings is 2. The molecule has 2 aliphatic rings. The number of aromatic nitrogens is 6. The Kier molecular flexibility index (Phi) is 10.5. The Hall–Kier alpha value is -6.46. The molecule has 0 radical (unpaired) electrons. The number of nitrogens with zero attached hydrogens (tertiary/aromatic N) is 8. The highest BCUT2D eigenvalue weighted by Gasteiger charge is 2.28. The van der Waals surface area contributed by atoms with Crippen LogP contribution in [0.1, 0.15) is 20.7 Å². The second-order valence-corrected chi connectivity index (χ2v) is 17.4. The minimum absolute atomic E-state index is 0.163. The number of aromatic amines is 2. The smallest absolute Gasteiger partial charge is 0.269 e. The van der Waals surface area contributed by atoms with Crippen molar-refractivity contribution in [1.82, 2.24) is 39.7 Å². The van der Waals surface area contributed by atoms with Gasteiger partial charge in [0, 0.05) is 91.8 Å². The van der Waals surface area contributed by atoms with E-state index in [4.69, 9.17) is 28.2 Å². The lowest BCUT2D eigenvalue weighted by Crippen LogP contribution is -2.48. The van der Waals surface area contributed by atoms with Crippen molar-refractivity contribution in [2.24, 2.45) is 0 Å². The van der Waals surface area contributed by atoms with Crippen LogP contribution in [0.3, 0.4) is 0 Å². The topological polar surface area (TPSA) is 164 Å². The van der Waals surface area contributed by atoms with Crippen LogP contribution in [-0.4, -0.2) is 104 Å². The largest absolute Gasteiger partial charge is 0.368 e. The molecule has 0 spiro atoms. The number of thiophene rings is 2. The van der Waals surface area contributed by atoms with Crippen LogP contribution in [0.2, 0.25) is 10.0 Å². The number of pyridine rings is 2. The number of benzene rings is 2. The maximum absolute atomic E-state index is 13.8. The number of H-pyrrole nitrogens is 2. The minimum Gasteiger partial charge on any atom is -0.368 e. The summed E-state index contributed by atoms with van der Waals surface area (Å²) in [6.45, 7) is 4.40. The summed E-state index contributed by atoms with van der Waals surface area (Å²) < 4.78 is 0.782. The molecule has 2 aromatic carbocycles. The number of amides is 2. The summed E-state index contributed by atoms with van der Waals surface area (Å²) in [5.74, 6) is 0.241. The number of hydrogen-bond acceptors (Lipinski definition) is 12. The van der Waals surface area contributed by atoms with E-state index in [1.54, 1.807) is 51.2 Å². The average Bonchev–Trinajstić information content (AvgIpc) is 3.95.